The van der Waals surface area contributed by atoms with Gasteiger partial charge in [0.1, 0.15) is 6.61 Å². The molecule has 0 aliphatic heterocycles. The van der Waals surface area contributed by atoms with Crippen LogP contribution in [0.3, 0.4) is 0 Å². The van der Waals surface area contributed by atoms with Gasteiger partial charge in [-0.1, -0.05) is 167 Å². The maximum absolute atomic E-state index is 12.4. The minimum absolute atomic E-state index is 0.198. The van der Waals surface area contributed by atoms with Crippen molar-refractivity contribution < 1.29 is 37.9 Å². The minimum atomic E-state index is -4.75. The second-order valence-electron chi connectivity index (χ2n) is 13.3. The van der Waals surface area contributed by atoms with Crippen LogP contribution in [0, 0.1) is 0 Å². The Labute approximate surface area is 294 Å². The zero-order valence-corrected chi connectivity index (χ0v) is 31.8. The van der Waals surface area contributed by atoms with Crippen molar-refractivity contribution in [3.63, 3.8) is 0 Å². The molecule has 2 N–H and O–H groups in total. The summed E-state index contributed by atoms with van der Waals surface area (Å²) in [4.78, 5) is 42.7. The van der Waals surface area contributed by atoms with Crippen molar-refractivity contribution in [2.24, 2.45) is 0 Å². The van der Waals surface area contributed by atoms with Gasteiger partial charge in [-0.3, -0.25) is 14.1 Å². The van der Waals surface area contributed by atoms with E-state index in [9.17, 15) is 14.2 Å². The number of unbranched alkanes of at least 4 members (excludes halogenated alkanes) is 22. The molecule has 0 radical (unpaired) electrons. The van der Waals surface area contributed by atoms with Crippen molar-refractivity contribution in [3.05, 3.63) is 24.3 Å². The molecule has 0 fully saturated rings. The van der Waals surface area contributed by atoms with Gasteiger partial charge >= 0.3 is 19.8 Å². The lowest BCUT2D eigenvalue weighted by atomic mass is 10.0. The molecule has 0 aromatic rings. The summed E-state index contributed by atoms with van der Waals surface area (Å²) < 4.78 is 26.3. The quantitative estimate of drug-likeness (QED) is 0.0287. The Balaban J connectivity index is 3.94. The molecule has 0 spiro atoms. The Morgan fingerprint density at radius 1 is 0.542 bits per heavy atom. The molecular formula is C39H73O8P. The predicted molar refractivity (Wildman–Crippen MR) is 198 cm³/mol. The van der Waals surface area contributed by atoms with E-state index < -0.39 is 32.5 Å². The monoisotopic (exact) mass is 701 g/mol. The fourth-order valence-electron chi connectivity index (χ4n) is 5.51. The molecular weight excluding hydrogens is 627 g/mol. The van der Waals surface area contributed by atoms with Gasteiger partial charge in [0.05, 0.1) is 6.61 Å². The molecule has 0 amide bonds. The molecule has 0 aliphatic carbocycles. The molecule has 1 atom stereocenters. The second kappa shape index (κ2) is 35.4. The lowest BCUT2D eigenvalue weighted by molar-refractivity contribution is -0.161. The average molecular weight is 701 g/mol. The number of hydrogen-bond donors (Lipinski definition) is 2. The maximum atomic E-state index is 12.4. The van der Waals surface area contributed by atoms with Crippen LogP contribution in [-0.4, -0.2) is 41.0 Å². The molecule has 9 heteroatoms. The molecule has 48 heavy (non-hydrogen) atoms. The summed E-state index contributed by atoms with van der Waals surface area (Å²) in [7, 11) is -4.75. The van der Waals surface area contributed by atoms with Crippen molar-refractivity contribution >= 4 is 19.8 Å². The van der Waals surface area contributed by atoms with Crippen LogP contribution < -0.4 is 0 Å². The number of carbonyl (C=O) groups is 2. The summed E-state index contributed by atoms with van der Waals surface area (Å²) in [6.45, 7) is 3.64. The van der Waals surface area contributed by atoms with Gasteiger partial charge in [-0.2, -0.15) is 0 Å². The number of hydrogen-bond acceptors (Lipinski definition) is 6. The first-order valence-corrected chi connectivity index (χ1v) is 21.2. The van der Waals surface area contributed by atoms with E-state index in [1.807, 2.05) is 0 Å². The number of esters is 2. The minimum Gasteiger partial charge on any atom is -0.462 e. The van der Waals surface area contributed by atoms with Crippen LogP contribution in [0.1, 0.15) is 194 Å². The Bertz CT molecular complexity index is 838. The van der Waals surface area contributed by atoms with Gasteiger partial charge in [-0.25, -0.2) is 4.57 Å². The summed E-state index contributed by atoms with van der Waals surface area (Å²) in [5.74, 6) is -0.894. The number of ether oxygens (including phenoxy) is 2. The van der Waals surface area contributed by atoms with Crippen LogP contribution in [0.15, 0.2) is 24.3 Å². The number of carbonyl (C=O) groups excluding carboxylic acids is 2. The SMILES string of the molecule is CCCC/C=C\C/C=C\CCCCCCCC(=O)OC(COC(=O)CCCCCCCCCCCCCCCCCC)COP(=O)(O)O. The van der Waals surface area contributed by atoms with Crippen LogP contribution in [0.4, 0.5) is 0 Å². The van der Waals surface area contributed by atoms with E-state index in [0.717, 1.165) is 64.2 Å². The first kappa shape index (κ1) is 46.5. The van der Waals surface area contributed by atoms with Crippen LogP contribution in [0.5, 0.6) is 0 Å². The van der Waals surface area contributed by atoms with E-state index in [0.29, 0.717) is 6.42 Å². The van der Waals surface area contributed by atoms with E-state index in [1.54, 1.807) is 0 Å². The van der Waals surface area contributed by atoms with E-state index >= 15 is 0 Å². The second-order valence-corrected chi connectivity index (χ2v) is 14.5. The van der Waals surface area contributed by atoms with Gasteiger partial charge < -0.3 is 19.3 Å². The molecule has 0 heterocycles. The average Bonchev–Trinajstić information content (AvgIpc) is 3.05. The van der Waals surface area contributed by atoms with Crippen LogP contribution in [0.25, 0.3) is 0 Å². The summed E-state index contributed by atoms with van der Waals surface area (Å²) >= 11 is 0. The molecule has 8 nitrogen and oxygen atoms in total. The van der Waals surface area contributed by atoms with Gasteiger partial charge in [0.25, 0.3) is 0 Å². The Hall–Kier alpha value is -1.47. The number of phosphoric acid groups is 1. The van der Waals surface area contributed by atoms with Crippen LogP contribution in [-0.2, 0) is 28.2 Å². The molecule has 0 aromatic carbocycles. The predicted octanol–water partition coefficient (Wildman–Crippen LogP) is 11.6. The molecule has 0 bridgehead atoms. The first-order chi connectivity index (χ1) is 23.3. The number of rotatable bonds is 36. The van der Waals surface area contributed by atoms with E-state index in [2.05, 4.69) is 42.7 Å². The number of phosphoric ester groups is 1. The smallest absolute Gasteiger partial charge is 0.462 e. The van der Waals surface area contributed by atoms with E-state index in [-0.39, 0.29) is 19.4 Å². The highest BCUT2D eigenvalue weighted by molar-refractivity contribution is 7.46. The maximum Gasteiger partial charge on any atom is 0.469 e. The Morgan fingerprint density at radius 2 is 0.958 bits per heavy atom. The standard InChI is InChI=1S/C39H73O8P/c1-3-5-7-9-11-13-15-17-19-20-22-23-25-27-29-31-33-38(40)45-35-37(36-46-48(42,43)44)47-39(41)34-32-30-28-26-24-21-18-16-14-12-10-8-6-4-2/h10,12,16,18,37H,3-9,11,13-15,17,19-36H2,1-2H3,(H2,42,43,44)/b12-10-,18-16-. The van der Waals surface area contributed by atoms with Crippen molar-refractivity contribution in [3.8, 4) is 0 Å². The molecule has 1 unspecified atom stereocenters. The summed E-state index contributed by atoms with van der Waals surface area (Å²) in [6.07, 6.45) is 38.9. The van der Waals surface area contributed by atoms with E-state index in [4.69, 9.17) is 19.3 Å². The highest BCUT2D eigenvalue weighted by Crippen LogP contribution is 2.36. The van der Waals surface area contributed by atoms with Gasteiger partial charge in [0.15, 0.2) is 6.10 Å². The zero-order valence-electron chi connectivity index (χ0n) is 30.9. The molecule has 0 aliphatic rings. The number of allylic oxidation sites excluding steroid dienone is 4. The van der Waals surface area contributed by atoms with Crippen LogP contribution in [0.2, 0.25) is 0 Å². The highest BCUT2D eigenvalue weighted by atomic mass is 31.2. The Morgan fingerprint density at radius 3 is 1.44 bits per heavy atom. The molecule has 0 rings (SSSR count). The third-order valence-corrected chi connectivity index (χ3v) is 8.96. The molecule has 0 saturated heterocycles. The Kier molecular flexibility index (Phi) is 34.3. The van der Waals surface area contributed by atoms with Crippen molar-refractivity contribution in [1.29, 1.82) is 0 Å². The van der Waals surface area contributed by atoms with Crippen molar-refractivity contribution in [2.75, 3.05) is 13.2 Å². The van der Waals surface area contributed by atoms with Crippen LogP contribution >= 0.6 is 7.82 Å². The fraction of sp³-hybridized carbons (Fsp3) is 0.846. The van der Waals surface area contributed by atoms with Crippen molar-refractivity contribution in [2.45, 2.75) is 200 Å². The molecule has 0 aromatic heterocycles. The van der Waals surface area contributed by atoms with E-state index in [1.165, 1.54) is 96.3 Å². The van der Waals surface area contributed by atoms with Gasteiger partial charge in [-0.15, -0.1) is 0 Å². The summed E-state index contributed by atoms with van der Waals surface area (Å²) in [5.41, 5.74) is 0. The van der Waals surface area contributed by atoms with Crippen molar-refractivity contribution in [1.82, 2.24) is 0 Å². The third-order valence-electron chi connectivity index (χ3n) is 8.47. The highest BCUT2D eigenvalue weighted by Gasteiger charge is 2.22. The fourth-order valence-corrected chi connectivity index (χ4v) is 5.87. The lowest BCUT2D eigenvalue weighted by Crippen LogP contribution is -2.29. The summed E-state index contributed by atoms with van der Waals surface area (Å²) in [5, 5.41) is 0. The lowest BCUT2D eigenvalue weighted by Gasteiger charge is -2.18. The third kappa shape index (κ3) is 37.4. The first-order valence-electron chi connectivity index (χ1n) is 19.6. The molecule has 0 saturated carbocycles. The summed E-state index contributed by atoms with van der Waals surface area (Å²) in [6, 6.07) is 0. The topological polar surface area (TPSA) is 119 Å². The molecule has 282 valence electrons. The normalized spacial score (nSPS) is 12.7. The van der Waals surface area contributed by atoms with Gasteiger partial charge in [0, 0.05) is 12.8 Å². The largest absolute Gasteiger partial charge is 0.469 e. The van der Waals surface area contributed by atoms with Gasteiger partial charge in [0.2, 0.25) is 0 Å². The van der Waals surface area contributed by atoms with Gasteiger partial charge in [-0.05, 0) is 38.5 Å². The zero-order chi connectivity index (χ0) is 35.4.